The fraction of sp³-hybridized carbons (Fsp3) is 0.810. The monoisotopic (exact) mass is 471 g/mol. The first kappa shape index (κ1) is 26.5. The second kappa shape index (κ2) is 11.9. The molecule has 2 unspecified atom stereocenters. The van der Waals surface area contributed by atoms with Crippen molar-refractivity contribution >= 4 is 24.1 Å². The van der Waals surface area contributed by atoms with Crippen LogP contribution in [0.15, 0.2) is 0 Å². The number of urea groups is 1. The Hall–Kier alpha value is -2.76. The van der Waals surface area contributed by atoms with Crippen LogP contribution in [0.5, 0.6) is 0 Å². The first-order valence-electron chi connectivity index (χ1n) is 11.3. The number of rotatable bonds is 7. The third-order valence-corrected chi connectivity index (χ3v) is 5.58. The van der Waals surface area contributed by atoms with Gasteiger partial charge in [-0.15, -0.1) is 0 Å². The normalized spacial score (nSPS) is 20.2. The lowest BCUT2D eigenvalue weighted by Gasteiger charge is -2.35. The molecule has 2 fully saturated rings. The third kappa shape index (κ3) is 8.60. The van der Waals surface area contributed by atoms with Gasteiger partial charge in [0.1, 0.15) is 11.6 Å². The zero-order valence-electron chi connectivity index (χ0n) is 19.9. The Bertz CT molecular complexity index is 704. The van der Waals surface area contributed by atoms with Gasteiger partial charge in [0, 0.05) is 32.7 Å². The number of nitrogens with zero attached hydrogens (tertiary/aromatic N) is 2. The molecule has 0 aromatic heterocycles. The summed E-state index contributed by atoms with van der Waals surface area (Å²) in [6.07, 6.45) is 0.917. The van der Waals surface area contributed by atoms with E-state index in [1.165, 1.54) is 4.90 Å². The van der Waals surface area contributed by atoms with Crippen LogP contribution in [0.3, 0.4) is 0 Å². The summed E-state index contributed by atoms with van der Waals surface area (Å²) in [4.78, 5) is 51.3. The number of piperidine rings is 1. The Morgan fingerprint density at radius 1 is 1.09 bits per heavy atom. The van der Waals surface area contributed by atoms with E-state index in [-0.39, 0.29) is 37.2 Å². The molecular weight excluding hydrogens is 434 g/mol. The molecule has 2 aliphatic rings. The maximum absolute atomic E-state index is 13.2. The summed E-state index contributed by atoms with van der Waals surface area (Å²) in [7, 11) is 1.54. The predicted octanol–water partition coefficient (Wildman–Crippen LogP) is 0.959. The Balaban J connectivity index is 1.95. The van der Waals surface area contributed by atoms with Crippen molar-refractivity contribution in [2.45, 2.75) is 70.2 Å². The van der Waals surface area contributed by atoms with Crippen LogP contribution >= 0.6 is 0 Å². The van der Waals surface area contributed by atoms with Crippen molar-refractivity contribution in [2.75, 3.05) is 39.9 Å². The van der Waals surface area contributed by atoms with E-state index in [4.69, 9.17) is 9.47 Å². The molecule has 2 saturated heterocycles. The van der Waals surface area contributed by atoms with Crippen molar-refractivity contribution in [1.82, 2.24) is 25.8 Å². The van der Waals surface area contributed by atoms with Crippen molar-refractivity contribution < 1.29 is 33.8 Å². The van der Waals surface area contributed by atoms with Crippen LogP contribution < -0.4 is 16.0 Å². The van der Waals surface area contributed by atoms with Crippen LogP contribution in [0.25, 0.3) is 0 Å². The predicted molar refractivity (Wildman–Crippen MR) is 119 cm³/mol. The molecule has 0 aromatic rings. The molecule has 12 heteroatoms. The quantitative estimate of drug-likeness (QED) is 0.432. The van der Waals surface area contributed by atoms with Gasteiger partial charge >= 0.3 is 18.2 Å². The lowest BCUT2D eigenvalue weighted by atomic mass is 10.0. The minimum Gasteiger partial charge on any atom is -0.465 e. The van der Waals surface area contributed by atoms with Gasteiger partial charge in [-0.25, -0.2) is 14.4 Å². The molecule has 0 aliphatic carbocycles. The van der Waals surface area contributed by atoms with Gasteiger partial charge in [-0.05, 0) is 46.5 Å². The smallest absolute Gasteiger partial charge is 0.408 e. The van der Waals surface area contributed by atoms with Crippen LogP contribution in [-0.4, -0.2) is 103 Å². The molecule has 2 heterocycles. The number of hydrogen-bond acceptors (Lipinski definition) is 6. The van der Waals surface area contributed by atoms with E-state index in [0.29, 0.717) is 38.9 Å². The van der Waals surface area contributed by atoms with E-state index in [0.717, 1.165) is 6.42 Å². The largest absolute Gasteiger partial charge is 0.465 e. The van der Waals surface area contributed by atoms with Crippen molar-refractivity contribution in [1.29, 1.82) is 0 Å². The Labute approximate surface area is 194 Å². The van der Waals surface area contributed by atoms with Crippen molar-refractivity contribution in [3.05, 3.63) is 0 Å². The van der Waals surface area contributed by atoms with E-state index < -0.39 is 23.8 Å². The molecule has 2 aliphatic heterocycles. The SMILES string of the molecule is CNC(=O)NC1CCN(C(=O)C(COCC2CCCN2C(=O)O)NC(=O)OC(C)(C)C)CC1. The molecule has 0 aromatic carbocycles. The Morgan fingerprint density at radius 2 is 1.76 bits per heavy atom. The highest BCUT2D eigenvalue weighted by molar-refractivity contribution is 5.86. The molecule has 33 heavy (non-hydrogen) atoms. The number of nitrogens with one attached hydrogen (secondary N) is 3. The third-order valence-electron chi connectivity index (χ3n) is 5.58. The summed E-state index contributed by atoms with van der Waals surface area (Å²) < 4.78 is 11.0. The molecule has 0 saturated carbocycles. The van der Waals surface area contributed by atoms with Crippen LogP contribution in [0, 0.1) is 0 Å². The van der Waals surface area contributed by atoms with Gasteiger partial charge in [0.2, 0.25) is 5.91 Å². The van der Waals surface area contributed by atoms with Gasteiger partial charge in [0.05, 0.1) is 19.3 Å². The summed E-state index contributed by atoms with van der Waals surface area (Å²) in [5, 5.41) is 17.2. The fourth-order valence-electron chi connectivity index (χ4n) is 3.93. The average molecular weight is 472 g/mol. The van der Waals surface area contributed by atoms with Gasteiger partial charge < -0.3 is 40.3 Å². The maximum atomic E-state index is 13.2. The van der Waals surface area contributed by atoms with E-state index in [1.54, 1.807) is 32.7 Å². The molecule has 4 N–H and O–H groups in total. The summed E-state index contributed by atoms with van der Waals surface area (Å²) in [5.41, 5.74) is -0.728. The average Bonchev–Trinajstić information content (AvgIpc) is 3.20. The highest BCUT2D eigenvalue weighted by Crippen LogP contribution is 2.18. The minimum atomic E-state index is -0.992. The number of carboxylic acid groups (broad SMARTS) is 1. The number of hydrogen-bond donors (Lipinski definition) is 4. The van der Waals surface area contributed by atoms with Gasteiger partial charge in [0.15, 0.2) is 0 Å². The highest BCUT2D eigenvalue weighted by atomic mass is 16.6. The van der Waals surface area contributed by atoms with Gasteiger partial charge in [-0.3, -0.25) is 4.79 Å². The molecule has 2 rings (SSSR count). The lowest BCUT2D eigenvalue weighted by Crippen LogP contribution is -2.55. The van der Waals surface area contributed by atoms with E-state index in [1.807, 2.05) is 0 Å². The van der Waals surface area contributed by atoms with Gasteiger partial charge in [0.25, 0.3) is 0 Å². The maximum Gasteiger partial charge on any atom is 0.408 e. The number of ether oxygens (including phenoxy) is 2. The number of carbonyl (C=O) groups is 4. The molecule has 188 valence electrons. The molecule has 0 spiro atoms. The first-order chi connectivity index (χ1) is 15.5. The highest BCUT2D eigenvalue weighted by Gasteiger charge is 2.33. The van der Waals surface area contributed by atoms with Crippen molar-refractivity contribution in [3.63, 3.8) is 0 Å². The minimum absolute atomic E-state index is 0.0353. The molecule has 2 atom stereocenters. The van der Waals surface area contributed by atoms with Crippen LogP contribution in [0.4, 0.5) is 14.4 Å². The number of likely N-dealkylation sites (tertiary alicyclic amines) is 2. The summed E-state index contributed by atoms with van der Waals surface area (Å²) >= 11 is 0. The second-order valence-corrected chi connectivity index (χ2v) is 9.33. The molecule has 0 radical (unpaired) electrons. The first-order valence-corrected chi connectivity index (χ1v) is 11.3. The summed E-state index contributed by atoms with van der Waals surface area (Å²) in [5.74, 6) is -0.305. The number of amides is 5. The molecule has 5 amide bonds. The van der Waals surface area contributed by atoms with Gasteiger partial charge in [-0.2, -0.15) is 0 Å². The van der Waals surface area contributed by atoms with E-state index in [9.17, 15) is 24.3 Å². The van der Waals surface area contributed by atoms with Crippen LogP contribution in [0.1, 0.15) is 46.5 Å². The molecule has 0 bridgehead atoms. The van der Waals surface area contributed by atoms with Crippen molar-refractivity contribution in [2.24, 2.45) is 0 Å². The van der Waals surface area contributed by atoms with E-state index in [2.05, 4.69) is 16.0 Å². The summed E-state index contributed by atoms with van der Waals surface area (Å²) in [6, 6.07) is -1.54. The Kier molecular flexibility index (Phi) is 9.56. The lowest BCUT2D eigenvalue weighted by molar-refractivity contribution is -0.136. The zero-order chi connectivity index (χ0) is 24.6. The topological polar surface area (TPSA) is 150 Å². The van der Waals surface area contributed by atoms with Crippen LogP contribution in [-0.2, 0) is 14.3 Å². The van der Waals surface area contributed by atoms with Crippen LogP contribution in [0.2, 0.25) is 0 Å². The Morgan fingerprint density at radius 3 is 2.33 bits per heavy atom. The molecular formula is C21H37N5O7. The van der Waals surface area contributed by atoms with Crippen molar-refractivity contribution in [3.8, 4) is 0 Å². The van der Waals surface area contributed by atoms with Gasteiger partial charge in [-0.1, -0.05) is 0 Å². The number of alkyl carbamates (subject to hydrolysis) is 1. The number of carbonyl (C=O) groups excluding carboxylic acids is 3. The molecule has 12 nitrogen and oxygen atoms in total. The fourth-order valence-corrected chi connectivity index (χ4v) is 3.93. The zero-order valence-corrected chi connectivity index (χ0v) is 19.9. The standard InChI is InChI=1S/C21H37N5O7/c1-21(2,3)33-19(29)24-16(13-32-12-15-6-5-9-26(15)20(30)31)17(27)25-10-7-14(8-11-25)23-18(28)22-4/h14-16H,5-13H2,1-4H3,(H,24,29)(H,30,31)(H2,22,23,28). The van der Waals surface area contributed by atoms with E-state index >= 15 is 0 Å². The second-order valence-electron chi connectivity index (χ2n) is 9.33. The summed E-state index contributed by atoms with van der Waals surface area (Å²) in [6.45, 7) is 6.54.